The quantitative estimate of drug-likeness (QED) is 0.782. The first-order valence-electron chi connectivity index (χ1n) is 5.50. The van der Waals surface area contributed by atoms with E-state index in [0.29, 0.717) is 4.83 Å². The summed E-state index contributed by atoms with van der Waals surface area (Å²) in [5.74, 6) is 1.13. The minimum absolute atomic E-state index is 0.335. The monoisotopic (exact) mass is 278 g/mol. The van der Waals surface area contributed by atoms with Gasteiger partial charge in [0.1, 0.15) is 5.82 Å². The summed E-state index contributed by atoms with van der Waals surface area (Å²) in [6.07, 6.45) is 4.81. The lowest BCUT2D eigenvalue weighted by molar-refractivity contribution is 0.687. The van der Waals surface area contributed by atoms with E-state index < -0.39 is 0 Å². The van der Waals surface area contributed by atoms with Crippen molar-refractivity contribution in [2.45, 2.75) is 24.7 Å². The highest BCUT2D eigenvalue weighted by molar-refractivity contribution is 9.09. The SMILES string of the molecule is CCn1ccnc1CC(Br)c1ccccc1. The highest BCUT2D eigenvalue weighted by atomic mass is 79.9. The van der Waals surface area contributed by atoms with E-state index in [-0.39, 0.29) is 0 Å². The van der Waals surface area contributed by atoms with Crippen molar-refractivity contribution in [1.29, 1.82) is 0 Å². The van der Waals surface area contributed by atoms with Gasteiger partial charge in [0.05, 0.1) is 0 Å². The largest absolute Gasteiger partial charge is 0.335 e. The van der Waals surface area contributed by atoms with Crippen LogP contribution in [0.2, 0.25) is 0 Å². The summed E-state index contributed by atoms with van der Waals surface area (Å²) in [4.78, 5) is 4.72. The summed E-state index contributed by atoms with van der Waals surface area (Å²) >= 11 is 3.72. The molecule has 1 aromatic heterocycles. The number of halogens is 1. The summed E-state index contributed by atoms with van der Waals surface area (Å²) in [6.45, 7) is 3.11. The van der Waals surface area contributed by atoms with E-state index >= 15 is 0 Å². The van der Waals surface area contributed by atoms with E-state index in [2.05, 4.69) is 56.7 Å². The fourth-order valence-corrected chi connectivity index (χ4v) is 2.35. The summed E-state index contributed by atoms with van der Waals surface area (Å²) in [7, 11) is 0. The van der Waals surface area contributed by atoms with Crippen LogP contribution in [0.3, 0.4) is 0 Å². The Kier molecular flexibility index (Phi) is 3.78. The number of alkyl halides is 1. The standard InChI is InChI=1S/C13H15BrN2/c1-2-16-9-8-15-13(16)10-12(14)11-6-4-3-5-7-11/h3-9,12H,2,10H2,1H3. The van der Waals surface area contributed by atoms with E-state index in [9.17, 15) is 0 Å². The molecule has 0 fully saturated rings. The first-order chi connectivity index (χ1) is 7.81. The molecule has 0 aliphatic carbocycles. The Hall–Kier alpha value is -1.09. The third-order valence-electron chi connectivity index (χ3n) is 2.67. The molecule has 0 bridgehead atoms. The van der Waals surface area contributed by atoms with Crippen molar-refractivity contribution in [3.63, 3.8) is 0 Å². The van der Waals surface area contributed by atoms with Crippen molar-refractivity contribution in [2.24, 2.45) is 0 Å². The third-order valence-corrected chi connectivity index (χ3v) is 3.52. The van der Waals surface area contributed by atoms with Gasteiger partial charge in [-0.3, -0.25) is 0 Å². The van der Waals surface area contributed by atoms with Gasteiger partial charge in [0.2, 0.25) is 0 Å². The van der Waals surface area contributed by atoms with Gasteiger partial charge in [0.25, 0.3) is 0 Å². The maximum atomic E-state index is 4.39. The lowest BCUT2D eigenvalue weighted by atomic mass is 10.1. The van der Waals surface area contributed by atoms with Crippen molar-refractivity contribution in [3.8, 4) is 0 Å². The van der Waals surface area contributed by atoms with Crippen LogP contribution < -0.4 is 0 Å². The smallest absolute Gasteiger partial charge is 0.110 e. The van der Waals surface area contributed by atoms with Crippen LogP contribution >= 0.6 is 15.9 Å². The lowest BCUT2D eigenvalue weighted by Gasteiger charge is -2.10. The van der Waals surface area contributed by atoms with Gasteiger partial charge in [-0.1, -0.05) is 46.3 Å². The number of aromatic nitrogens is 2. The number of benzene rings is 1. The van der Waals surface area contributed by atoms with Gasteiger partial charge in [-0.15, -0.1) is 0 Å². The van der Waals surface area contributed by atoms with Crippen LogP contribution in [0.4, 0.5) is 0 Å². The fraction of sp³-hybridized carbons (Fsp3) is 0.308. The Morgan fingerprint density at radius 2 is 2.06 bits per heavy atom. The number of hydrogen-bond acceptors (Lipinski definition) is 1. The van der Waals surface area contributed by atoms with Crippen LogP contribution in [0.15, 0.2) is 42.7 Å². The molecule has 0 saturated carbocycles. The Bertz CT molecular complexity index is 436. The van der Waals surface area contributed by atoms with Crippen molar-refractivity contribution in [3.05, 3.63) is 54.1 Å². The van der Waals surface area contributed by atoms with Gasteiger partial charge < -0.3 is 4.57 Å². The zero-order valence-corrected chi connectivity index (χ0v) is 10.9. The zero-order chi connectivity index (χ0) is 11.4. The molecule has 1 heterocycles. The second-order valence-corrected chi connectivity index (χ2v) is 4.82. The number of hydrogen-bond donors (Lipinski definition) is 0. The van der Waals surface area contributed by atoms with Gasteiger partial charge >= 0.3 is 0 Å². The topological polar surface area (TPSA) is 17.8 Å². The predicted octanol–water partition coefficient (Wildman–Crippen LogP) is 3.58. The highest BCUT2D eigenvalue weighted by Gasteiger charge is 2.11. The van der Waals surface area contributed by atoms with Crippen LogP contribution in [0.1, 0.15) is 23.1 Å². The van der Waals surface area contributed by atoms with Crippen LogP contribution in [-0.4, -0.2) is 9.55 Å². The van der Waals surface area contributed by atoms with Crippen molar-refractivity contribution >= 4 is 15.9 Å². The molecule has 2 nitrogen and oxygen atoms in total. The second kappa shape index (κ2) is 5.30. The number of aryl methyl sites for hydroxylation is 1. The Labute approximate surface area is 104 Å². The maximum Gasteiger partial charge on any atom is 0.110 e. The number of imidazole rings is 1. The molecule has 0 aliphatic rings. The van der Waals surface area contributed by atoms with Gasteiger partial charge in [0.15, 0.2) is 0 Å². The number of nitrogens with zero attached hydrogens (tertiary/aromatic N) is 2. The summed E-state index contributed by atoms with van der Waals surface area (Å²) in [5, 5.41) is 0. The molecule has 0 saturated heterocycles. The molecule has 2 aromatic rings. The molecule has 0 N–H and O–H groups in total. The van der Waals surface area contributed by atoms with Gasteiger partial charge in [0, 0.05) is 30.2 Å². The number of rotatable bonds is 4. The Balaban J connectivity index is 2.11. The Morgan fingerprint density at radius 3 is 2.75 bits per heavy atom. The van der Waals surface area contributed by atoms with E-state index in [1.165, 1.54) is 5.56 Å². The van der Waals surface area contributed by atoms with Gasteiger partial charge in [-0.25, -0.2) is 4.98 Å². The molecule has 0 amide bonds. The zero-order valence-electron chi connectivity index (χ0n) is 9.31. The molecule has 84 valence electrons. The average molecular weight is 279 g/mol. The molecule has 3 heteroatoms. The summed E-state index contributed by atoms with van der Waals surface area (Å²) in [6, 6.07) is 10.4. The van der Waals surface area contributed by atoms with Crippen molar-refractivity contribution < 1.29 is 0 Å². The first kappa shape index (κ1) is 11.4. The summed E-state index contributed by atoms with van der Waals surface area (Å²) < 4.78 is 2.18. The highest BCUT2D eigenvalue weighted by Crippen LogP contribution is 2.26. The molecular weight excluding hydrogens is 264 g/mol. The first-order valence-corrected chi connectivity index (χ1v) is 6.42. The maximum absolute atomic E-state index is 4.39. The predicted molar refractivity (Wildman–Crippen MR) is 69.7 cm³/mol. The van der Waals surface area contributed by atoms with E-state index in [1.807, 2.05) is 18.5 Å². The minimum Gasteiger partial charge on any atom is -0.335 e. The molecule has 1 unspecified atom stereocenters. The lowest BCUT2D eigenvalue weighted by Crippen LogP contribution is -2.04. The molecule has 0 spiro atoms. The minimum atomic E-state index is 0.335. The molecule has 1 atom stereocenters. The van der Waals surface area contributed by atoms with Gasteiger partial charge in [-0.2, -0.15) is 0 Å². The molecule has 1 aromatic carbocycles. The third kappa shape index (κ3) is 2.53. The fourth-order valence-electron chi connectivity index (χ4n) is 1.76. The molecule has 2 rings (SSSR count). The van der Waals surface area contributed by atoms with Crippen molar-refractivity contribution in [1.82, 2.24) is 9.55 Å². The molecule has 0 aliphatic heterocycles. The van der Waals surface area contributed by atoms with Crippen LogP contribution in [0, 0.1) is 0 Å². The molecular formula is C13H15BrN2. The molecule has 0 radical (unpaired) electrons. The normalized spacial score (nSPS) is 12.6. The van der Waals surface area contributed by atoms with Crippen molar-refractivity contribution in [2.75, 3.05) is 0 Å². The second-order valence-electron chi connectivity index (χ2n) is 3.71. The van der Waals surface area contributed by atoms with Gasteiger partial charge in [-0.05, 0) is 12.5 Å². The van der Waals surface area contributed by atoms with E-state index in [4.69, 9.17) is 0 Å². The summed E-state index contributed by atoms with van der Waals surface area (Å²) in [5.41, 5.74) is 1.30. The average Bonchev–Trinajstić information content (AvgIpc) is 2.77. The molecule has 16 heavy (non-hydrogen) atoms. The van der Waals surface area contributed by atoms with Crippen LogP contribution in [-0.2, 0) is 13.0 Å². The van der Waals surface area contributed by atoms with Crippen LogP contribution in [0.25, 0.3) is 0 Å². The Morgan fingerprint density at radius 1 is 1.31 bits per heavy atom. The van der Waals surface area contributed by atoms with E-state index in [0.717, 1.165) is 18.8 Å². The van der Waals surface area contributed by atoms with E-state index in [1.54, 1.807) is 0 Å². The van der Waals surface area contributed by atoms with Crippen LogP contribution in [0.5, 0.6) is 0 Å².